The van der Waals surface area contributed by atoms with Gasteiger partial charge in [-0.1, -0.05) is 0 Å². The molecule has 1 aromatic carbocycles. The first kappa shape index (κ1) is 12.9. The summed E-state index contributed by atoms with van der Waals surface area (Å²) in [6.07, 6.45) is 2.81. The van der Waals surface area contributed by atoms with Crippen molar-refractivity contribution in [1.29, 1.82) is 0 Å². The quantitative estimate of drug-likeness (QED) is 0.916. The lowest BCUT2D eigenvalue weighted by molar-refractivity contribution is 0.155. The van der Waals surface area contributed by atoms with Gasteiger partial charge >= 0.3 is 6.09 Å². The largest absolute Gasteiger partial charge is 0.497 e. The summed E-state index contributed by atoms with van der Waals surface area (Å²) in [5.41, 5.74) is 1.54. The molecule has 1 amide bonds. The van der Waals surface area contributed by atoms with E-state index < -0.39 is 6.09 Å². The van der Waals surface area contributed by atoms with E-state index in [1.165, 1.54) is 0 Å². The van der Waals surface area contributed by atoms with E-state index in [4.69, 9.17) is 9.47 Å². The number of aromatic nitrogens is 1. The van der Waals surface area contributed by atoms with Crippen LogP contribution in [0, 0.1) is 0 Å². The molecule has 0 aliphatic heterocycles. The first-order valence-electron chi connectivity index (χ1n) is 5.74. The van der Waals surface area contributed by atoms with Gasteiger partial charge in [-0.15, -0.1) is 0 Å². The van der Waals surface area contributed by atoms with Crippen LogP contribution in [0.1, 0.15) is 5.56 Å². The fourth-order valence-electron chi connectivity index (χ4n) is 1.46. The number of hydrogen-bond acceptors (Lipinski definition) is 4. The van der Waals surface area contributed by atoms with Crippen LogP contribution in [0.4, 0.5) is 10.5 Å². The summed E-state index contributed by atoms with van der Waals surface area (Å²) in [5, 5.41) is 2.63. The number of anilines is 1. The van der Waals surface area contributed by atoms with Gasteiger partial charge < -0.3 is 9.47 Å². The molecular formula is C14H14N2O3. The van der Waals surface area contributed by atoms with Crippen molar-refractivity contribution in [3.8, 4) is 5.75 Å². The Balaban J connectivity index is 1.83. The summed E-state index contributed by atoms with van der Waals surface area (Å²) in [7, 11) is 1.59. The van der Waals surface area contributed by atoms with Crippen LogP contribution in [0.5, 0.6) is 5.75 Å². The first-order valence-corrected chi connectivity index (χ1v) is 5.74. The maximum absolute atomic E-state index is 11.6. The van der Waals surface area contributed by atoms with Crippen molar-refractivity contribution < 1.29 is 14.3 Å². The minimum atomic E-state index is -0.498. The second kappa shape index (κ2) is 6.39. The Labute approximate surface area is 111 Å². The van der Waals surface area contributed by atoms with Crippen molar-refractivity contribution in [1.82, 2.24) is 4.98 Å². The number of pyridine rings is 1. The summed E-state index contributed by atoms with van der Waals surface area (Å²) >= 11 is 0. The summed E-state index contributed by atoms with van der Waals surface area (Å²) in [6, 6.07) is 10.6. The summed E-state index contributed by atoms with van der Waals surface area (Å²) in [5.74, 6) is 0.732. The van der Waals surface area contributed by atoms with E-state index in [0.29, 0.717) is 5.69 Å². The van der Waals surface area contributed by atoms with Crippen LogP contribution < -0.4 is 10.1 Å². The highest BCUT2D eigenvalue weighted by molar-refractivity contribution is 5.84. The van der Waals surface area contributed by atoms with Crippen LogP contribution in [0.2, 0.25) is 0 Å². The smallest absolute Gasteiger partial charge is 0.411 e. The van der Waals surface area contributed by atoms with Gasteiger partial charge in [0.1, 0.15) is 12.4 Å². The monoisotopic (exact) mass is 258 g/mol. The van der Waals surface area contributed by atoms with Crippen LogP contribution in [-0.4, -0.2) is 18.2 Å². The molecule has 1 heterocycles. The fourth-order valence-corrected chi connectivity index (χ4v) is 1.46. The highest BCUT2D eigenvalue weighted by Crippen LogP contribution is 2.15. The third kappa shape index (κ3) is 3.99. The minimum Gasteiger partial charge on any atom is -0.497 e. The second-order valence-electron chi connectivity index (χ2n) is 3.79. The van der Waals surface area contributed by atoms with Gasteiger partial charge in [0.25, 0.3) is 0 Å². The van der Waals surface area contributed by atoms with Crippen molar-refractivity contribution in [2.45, 2.75) is 6.61 Å². The van der Waals surface area contributed by atoms with Gasteiger partial charge in [0.05, 0.1) is 7.11 Å². The third-order valence-electron chi connectivity index (χ3n) is 2.46. The lowest BCUT2D eigenvalue weighted by atomic mass is 10.3. The second-order valence-corrected chi connectivity index (χ2v) is 3.79. The van der Waals surface area contributed by atoms with E-state index >= 15 is 0 Å². The zero-order valence-corrected chi connectivity index (χ0v) is 10.5. The van der Waals surface area contributed by atoms with Gasteiger partial charge in [-0.2, -0.15) is 0 Å². The number of benzene rings is 1. The van der Waals surface area contributed by atoms with E-state index in [-0.39, 0.29) is 6.61 Å². The normalized spacial score (nSPS) is 9.74. The predicted molar refractivity (Wildman–Crippen MR) is 71.0 cm³/mol. The maximum Gasteiger partial charge on any atom is 0.411 e. The maximum atomic E-state index is 11.6. The Kier molecular flexibility index (Phi) is 4.34. The van der Waals surface area contributed by atoms with Gasteiger partial charge in [-0.3, -0.25) is 10.3 Å². The SMILES string of the molecule is COc1ccc(NC(=O)OCc2ccncc2)cc1. The topological polar surface area (TPSA) is 60.5 Å². The molecule has 0 bridgehead atoms. The molecule has 0 saturated heterocycles. The molecule has 0 spiro atoms. The number of rotatable bonds is 4. The van der Waals surface area contributed by atoms with Gasteiger partial charge in [-0.25, -0.2) is 4.79 Å². The van der Waals surface area contributed by atoms with E-state index in [1.54, 1.807) is 55.9 Å². The van der Waals surface area contributed by atoms with Crippen molar-refractivity contribution in [3.63, 3.8) is 0 Å². The van der Waals surface area contributed by atoms with Crippen LogP contribution in [0.25, 0.3) is 0 Å². The number of methoxy groups -OCH3 is 1. The molecule has 5 heteroatoms. The summed E-state index contributed by atoms with van der Waals surface area (Å²) in [6.45, 7) is 0.213. The molecule has 2 rings (SSSR count). The molecule has 0 atom stereocenters. The van der Waals surface area contributed by atoms with Crippen LogP contribution in [0.3, 0.4) is 0 Å². The minimum absolute atomic E-state index is 0.213. The van der Waals surface area contributed by atoms with Gasteiger partial charge in [0, 0.05) is 18.1 Å². The van der Waals surface area contributed by atoms with Crippen LogP contribution in [-0.2, 0) is 11.3 Å². The van der Waals surface area contributed by atoms with Crippen LogP contribution >= 0.6 is 0 Å². The molecule has 0 aliphatic carbocycles. The molecule has 1 aromatic heterocycles. The molecule has 1 N–H and O–H groups in total. The Bertz CT molecular complexity index is 526. The zero-order valence-electron chi connectivity index (χ0n) is 10.5. The van der Waals surface area contributed by atoms with Crippen molar-refractivity contribution >= 4 is 11.8 Å². The number of ether oxygens (including phenoxy) is 2. The Morgan fingerprint density at radius 2 is 1.84 bits per heavy atom. The molecule has 2 aromatic rings. The number of carbonyl (C=O) groups is 1. The first-order chi connectivity index (χ1) is 9.28. The van der Waals surface area contributed by atoms with Crippen molar-refractivity contribution in [2.75, 3.05) is 12.4 Å². The van der Waals surface area contributed by atoms with Gasteiger partial charge in [0.15, 0.2) is 0 Å². The molecule has 0 unspecified atom stereocenters. The number of carbonyl (C=O) groups excluding carboxylic acids is 1. The van der Waals surface area contributed by atoms with E-state index in [9.17, 15) is 4.79 Å². The van der Waals surface area contributed by atoms with E-state index in [0.717, 1.165) is 11.3 Å². The number of nitrogens with zero attached hydrogens (tertiary/aromatic N) is 1. The molecular weight excluding hydrogens is 244 g/mol. The fraction of sp³-hybridized carbons (Fsp3) is 0.143. The average molecular weight is 258 g/mol. The summed E-state index contributed by atoms with van der Waals surface area (Å²) in [4.78, 5) is 15.4. The third-order valence-corrected chi connectivity index (χ3v) is 2.46. The van der Waals surface area contributed by atoms with Crippen molar-refractivity contribution in [3.05, 3.63) is 54.4 Å². The molecule has 19 heavy (non-hydrogen) atoms. The van der Waals surface area contributed by atoms with Gasteiger partial charge in [-0.05, 0) is 42.0 Å². The highest BCUT2D eigenvalue weighted by Gasteiger charge is 2.03. The van der Waals surface area contributed by atoms with Gasteiger partial charge in [0.2, 0.25) is 0 Å². The predicted octanol–water partition coefficient (Wildman–Crippen LogP) is 2.84. The van der Waals surface area contributed by atoms with Crippen molar-refractivity contribution in [2.24, 2.45) is 0 Å². The molecule has 0 aliphatic rings. The Hall–Kier alpha value is -2.56. The Morgan fingerprint density at radius 1 is 1.16 bits per heavy atom. The van der Waals surface area contributed by atoms with E-state index in [2.05, 4.69) is 10.3 Å². The average Bonchev–Trinajstić information content (AvgIpc) is 2.47. The highest BCUT2D eigenvalue weighted by atomic mass is 16.5. The van der Waals surface area contributed by atoms with E-state index in [1.807, 2.05) is 0 Å². The lowest BCUT2D eigenvalue weighted by Gasteiger charge is -2.07. The number of amides is 1. The van der Waals surface area contributed by atoms with Crippen LogP contribution in [0.15, 0.2) is 48.8 Å². The zero-order chi connectivity index (χ0) is 13.5. The number of nitrogens with one attached hydrogen (secondary N) is 1. The Morgan fingerprint density at radius 3 is 2.47 bits per heavy atom. The molecule has 0 saturated carbocycles. The summed E-state index contributed by atoms with van der Waals surface area (Å²) < 4.78 is 10.1. The standard InChI is InChI=1S/C14H14N2O3/c1-18-13-4-2-12(3-5-13)16-14(17)19-10-11-6-8-15-9-7-11/h2-9H,10H2,1H3,(H,16,17). The number of hydrogen-bond donors (Lipinski definition) is 1. The lowest BCUT2D eigenvalue weighted by Crippen LogP contribution is -2.13. The molecule has 5 nitrogen and oxygen atoms in total. The molecule has 98 valence electrons. The molecule has 0 radical (unpaired) electrons. The molecule has 0 fully saturated rings.